The lowest BCUT2D eigenvalue weighted by Crippen LogP contribution is -2.44. The zero-order valence-corrected chi connectivity index (χ0v) is 9.65. The summed E-state index contributed by atoms with van der Waals surface area (Å²) in [6.07, 6.45) is -0.339. The first-order valence-corrected chi connectivity index (χ1v) is 4.92. The van der Waals surface area contributed by atoms with Crippen molar-refractivity contribution in [3.8, 4) is 5.75 Å². The molecule has 1 aromatic carbocycles. The number of hydrogen-bond acceptors (Lipinski definition) is 2. The van der Waals surface area contributed by atoms with Gasteiger partial charge >= 0.3 is 6.09 Å². The molecule has 0 atom stereocenters. The molecule has 0 aliphatic carbocycles. The van der Waals surface area contributed by atoms with E-state index in [1.807, 2.05) is 39.0 Å². The number of carbonyl (C=O) groups excluding carboxylic acids is 1. The van der Waals surface area contributed by atoms with E-state index in [0.717, 1.165) is 0 Å². The average molecular weight is 207 g/mol. The van der Waals surface area contributed by atoms with Gasteiger partial charge in [-0.2, -0.15) is 0 Å². The number of nitrogens with zero attached hydrogens (tertiary/aromatic N) is 1. The molecule has 1 amide bonds. The highest BCUT2D eigenvalue weighted by molar-refractivity contribution is 5.71. The van der Waals surface area contributed by atoms with E-state index < -0.39 is 0 Å². The Labute approximate surface area is 90.7 Å². The van der Waals surface area contributed by atoms with Gasteiger partial charge < -0.3 is 9.64 Å². The Morgan fingerprint density at radius 1 is 1.20 bits per heavy atom. The minimum absolute atomic E-state index is 0.230. The van der Waals surface area contributed by atoms with Crippen molar-refractivity contribution < 1.29 is 9.53 Å². The Hall–Kier alpha value is -1.51. The van der Waals surface area contributed by atoms with Crippen molar-refractivity contribution in [2.75, 3.05) is 7.05 Å². The van der Waals surface area contributed by atoms with Crippen molar-refractivity contribution in [1.82, 2.24) is 4.90 Å². The van der Waals surface area contributed by atoms with E-state index in [9.17, 15) is 4.79 Å². The van der Waals surface area contributed by atoms with Gasteiger partial charge in [-0.3, -0.25) is 0 Å². The minimum Gasteiger partial charge on any atom is -0.410 e. The first-order chi connectivity index (χ1) is 6.91. The Morgan fingerprint density at radius 2 is 1.73 bits per heavy atom. The topological polar surface area (TPSA) is 29.5 Å². The summed E-state index contributed by atoms with van der Waals surface area (Å²) in [4.78, 5) is 13.2. The molecule has 0 bridgehead atoms. The van der Waals surface area contributed by atoms with Gasteiger partial charge in [0.15, 0.2) is 0 Å². The monoisotopic (exact) mass is 207 g/mol. The fourth-order valence-corrected chi connectivity index (χ4v) is 0.932. The van der Waals surface area contributed by atoms with E-state index in [-0.39, 0.29) is 11.6 Å². The molecular weight excluding hydrogens is 190 g/mol. The summed E-state index contributed by atoms with van der Waals surface area (Å²) in [7, 11) is 1.73. The van der Waals surface area contributed by atoms with Crippen molar-refractivity contribution in [1.29, 1.82) is 0 Å². The van der Waals surface area contributed by atoms with Crippen molar-refractivity contribution >= 4 is 6.09 Å². The van der Waals surface area contributed by atoms with Crippen LogP contribution in [0.1, 0.15) is 20.8 Å². The zero-order chi connectivity index (χ0) is 11.5. The fraction of sp³-hybridized carbons (Fsp3) is 0.417. The molecule has 0 unspecified atom stereocenters. The lowest BCUT2D eigenvalue weighted by molar-refractivity contribution is 0.124. The van der Waals surface area contributed by atoms with Crippen molar-refractivity contribution in [3.05, 3.63) is 30.3 Å². The van der Waals surface area contributed by atoms with Crippen LogP contribution in [0, 0.1) is 0 Å². The molecule has 0 fully saturated rings. The number of benzene rings is 1. The second-order valence-electron chi connectivity index (χ2n) is 4.41. The van der Waals surface area contributed by atoms with E-state index in [1.165, 1.54) is 0 Å². The predicted octanol–water partition coefficient (Wildman–Crippen LogP) is 2.92. The van der Waals surface area contributed by atoms with Crippen LogP contribution in [0.3, 0.4) is 0 Å². The molecule has 0 aromatic heterocycles. The molecule has 0 saturated carbocycles. The van der Waals surface area contributed by atoms with Crippen LogP contribution in [-0.2, 0) is 0 Å². The molecule has 3 heteroatoms. The van der Waals surface area contributed by atoms with Gasteiger partial charge in [0.25, 0.3) is 0 Å². The highest BCUT2D eigenvalue weighted by Crippen LogP contribution is 2.15. The van der Waals surface area contributed by atoms with Gasteiger partial charge in [-0.15, -0.1) is 0 Å². The minimum atomic E-state index is -0.339. The van der Waals surface area contributed by atoms with Gasteiger partial charge in [0.05, 0.1) is 0 Å². The molecule has 0 N–H and O–H groups in total. The van der Waals surface area contributed by atoms with E-state index >= 15 is 0 Å². The summed E-state index contributed by atoms with van der Waals surface area (Å²) in [5, 5.41) is 0. The predicted molar refractivity (Wildman–Crippen MR) is 60.0 cm³/mol. The molecule has 0 spiro atoms. The molecular formula is C12H17NO2. The number of ether oxygens (including phenoxy) is 1. The van der Waals surface area contributed by atoms with E-state index in [2.05, 4.69) is 0 Å². The molecule has 0 heterocycles. The Bertz CT molecular complexity index is 327. The van der Waals surface area contributed by atoms with Gasteiger partial charge in [-0.05, 0) is 32.9 Å². The second kappa shape index (κ2) is 4.34. The number of rotatable bonds is 1. The molecule has 82 valence electrons. The normalized spacial score (nSPS) is 10.9. The van der Waals surface area contributed by atoms with Crippen LogP contribution in [0.2, 0.25) is 0 Å². The summed E-state index contributed by atoms with van der Waals surface area (Å²) < 4.78 is 5.19. The molecule has 0 aliphatic rings. The third-order valence-corrected chi connectivity index (χ3v) is 2.23. The largest absolute Gasteiger partial charge is 0.415 e. The maximum Gasteiger partial charge on any atom is 0.415 e. The van der Waals surface area contributed by atoms with Gasteiger partial charge in [0, 0.05) is 12.6 Å². The standard InChI is InChI=1S/C12H17NO2/c1-12(2,3)13(4)11(14)15-10-8-6-5-7-9-10/h5-9H,1-4H3. The molecule has 0 saturated heterocycles. The van der Waals surface area contributed by atoms with Crippen molar-refractivity contribution in [2.45, 2.75) is 26.3 Å². The first kappa shape index (κ1) is 11.6. The molecule has 3 nitrogen and oxygen atoms in total. The van der Waals surface area contributed by atoms with Crippen LogP contribution in [-0.4, -0.2) is 23.6 Å². The van der Waals surface area contributed by atoms with E-state index in [4.69, 9.17) is 4.74 Å². The van der Waals surface area contributed by atoms with Gasteiger partial charge in [-0.25, -0.2) is 4.79 Å². The summed E-state index contributed by atoms with van der Waals surface area (Å²) in [5.74, 6) is 0.568. The molecule has 1 rings (SSSR count). The highest BCUT2D eigenvalue weighted by Gasteiger charge is 2.23. The Morgan fingerprint density at radius 3 is 2.20 bits per heavy atom. The lowest BCUT2D eigenvalue weighted by Gasteiger charge is -2.30. The van der Waals surface area contributed by atoms with Gasteiger partial charge in [-0.1, -0.05) is 18.2 Å². The van der Waals surface area contributed by atoms with Crippen molar-refractivity contribution in [2.24, 2.45) is 0 Å². The van der Waals surface area contributed by atoms with Crippen LogP contribution in [0.25, 0.3) is 0 Å². The van der Waals surface area contributed by atoms with Crippen LogP contribution in [0.15, 0.2) is 30.3 Å². The maximum atomic E-state index is 11.7. The van der Waals surface area contributed by atoms with Gasteiger partial charge in [0.2, 0.25) is 0 Å². The van der Waals surface area contributed by atoms with E-state index in [1.54, 1.807) is 24.1 Å². The number of amides is 1. The van der Waals surface area contributed by atoms with E-state index in [0.29, 0.717) is 5.75 Å². The average Bonchev–Trinajstić information content (AvgIpc) is 2.16. The van der Waals surface area contributed by atoms with Crippen LogP contribution < -0.4 is 4.74 Å². The summed E-state index contributed by atoms with van der Waals surface area (Å²) in [6, 6.07) is 9.06. The summed E-state index contributed by atoms with van der Waals surface area (Å²) in [5.41, 5.74) is -0.230. The maximum absolute atomic E-state index is 11.7. The lowest BCUT2D eigenvalue weighted by atomic mass is 10.1. The quantitative estimate of drug-likeness (QED) is 0.708. The number of para-hydroxylation sites is 1. The third-order valence-electron chi connectivity index (χ3n) is 2.23. The van der Waals surface area contributed by atoms with Crippen molar-refractivity contribution in [3.63, 3.8) is 0 Å². The first-order valence-electron chi connectivity index (χ1n) is 4.92. The Kier molecular flexibility index (Phi) is 3.35. The molecule has 0 radical (unpaired) electrons. The second-order valence-corrected chi connectivity index (χ2v) is 4.41. The molecule has 1 aromatic rings. The SMILES string of the molecule is CN(C(=O)Oc1ccccc1)C(C)(C)C. The van der Waals surface area contributed by atoms with Crippen LogP contribution in [0.4, 0.5) is 4.79 Å². The zero-order valence-electron chi connectivity index (χ0n) is 9.65. The molecule has 15 heavy (non-hydrogen) atoms. The fourth-order valence-electron chi connectivity index (χ4n) is 0.932. The summed E-state index contributed by atoms with van der Waals surface area (Å²) in [6.45, 7) is 5.87. The van der Waals surface area contributed by atoms with Gasteiger partial charge in [0.1, 0.15) is 5.75 Å². The number of hydrogen-bond donors (Lipinski definition) is 0. The smallest absolute Gasteiger partial charge is 0.410 e. The summed E-state index contributed by atoms with van der Waals surface area (Å²) >= 11 is 0. The Balaban J connectivity index is 2.65. The molecule has 0 aliphatic heterocycles. The number of carbonyl (C=O) groups is 1. The van der Waals surface area contributed by atoms with Crippen LogP contribution >= 0.6 is 0 Å². The highest BCUT2D eigenvalue weighted by atomic mass is 16.6. The third kappa shape index (κ3) is 3.27. The van der Waals surface area contributed by atoms with Crippen LogP contribution in [0.5, 0.6) is 5.75 Å².